The molecule has 5 rings (SSSR count). The third-order valence-electron chi connectivity index (χ3n) is 5.72. The SMILES string of the molecule is O=C(NC[C@@H]1CCCO1)c1nn2c(C(F)(F)F)c3c(nc2c1Cl)-c1ccccc1CC3. The molecule has 31 heavy (non-hydrogen) atoms. The molecule has 1 amide bonds. The number of halogens is 4. The van der Waals surface area contributed by atoms with Gasteiger partial charge in [0, 0.05) is 24.3 Å². The molecule has 2 aliphatic rings. The Balaban J connectivity index is 1.64. The number of carbonyl (C=O) groups is 1. The van der Waals surface area contributed by atoms with Gasteiger partial charge in [0.2, 0.25) is 0 Å². The lowest BCUT2D eigenvalue weighted by Crippen LogP contribution is -2.32. The Labute approximate surface area is 180 Å². The van der Waals surface area contributed by atoms with E-state index in [0.29, 0.717) is 23.1 Å². The first-order chi connectivity index (χ1) is 14.8. The molecule has 1 fully saturated rings. The molecule has 0 bridgehead atoms. The van der Waals surface area contributed by atoms with Gasteiger partial charge in [-0.25, -0.2) is 9.50 Å². The number of alkyl halides is 3. The molecular formula is C21H18ClF3N4O2. The van der Waals surface area contributed by atoms with Gasteiger partial charge in [0.25, 0.3) is 5.91 Å². The van der Waals surface area contributed by atoms with E-state index in [1.54, 1.807) is 12.1 Å². The summed E-state index contributed by atoms with van der Waals surface area (Å²) in [6, 6.07) is 7.22. The molecule has 1 N–H and O–H groups in total. The second-order valence-electron chi connectivity index (χ2n) is 7.69. The quantitative estimate of drug-likeness (QED) is 0.653. The van der Waals surface area contributed by atoms with E-state index in [1.165, 1.54) is 0 Å². The number of rotatable bonds is 3. The lowest BCUT2D eigenvalue weighted by Gasteiger charge is -2.23. The highest BCUT2D eigenvalue weighted by atomic mass is 35.5. The van der Waals surface area contributed by atoms with Crippen LogP contribution in [0, 0.1) is 0 Å². The minimum atomic E-state index is -4.70. The Morgan fingerprint density at radius 2 is 2.10 bits per heavy atom. The number of ether oxygens (including phenoxy) is 1. The maximum Gasteiger partial charge on any atom is 0.433 e. The molecule has 3 aromatic rings. The van der Waals surface area contributed by atoms with Crippen LogP contribution in [0.15, 0.2) is 24.3 Å². The smallest absolute Gasteiger partial charge is 0.376 e. The van der Waals surface area contributed by atoms with Crippen LogP contribution in [-0.4, -0.2) is 39.8 Å². The van der Waals surface area contributed by atoms with E-state index in [0.717, 1.165) is 18.4 Å². The molecule has 0 unspecified atom stereocenters. The Bertz CT molecular complexity index is 1190. The van der Waals surface area contributed by atoms with Crippen LogP contribution in [0.3, 0.4) is 0 Å². The Hall–Kier alpha value is -2.65. The normalized spacial score (nSPS) is 18.1. The van der Waals surface area contributed by atoms with Crippen LogP contribution in [0.25, 0.3) is 16.9 Å². The first kappa shape index (κ1) is 20.3. The predicted octanol–water partition coefficient (Wildman–Crippen LogP) is 4.08. The number of benzene rings is 1. The first-order valence-electron chi connectivity index (χ1n) is 10.0. The summed E-state index contributed by atoms with van der Waals surface area (Å²) in [7, 11) is 0. The number of amides is 1. The van der Waals surface area contributed by atoms with Crippen molar-refractivity contribution in [1.29, 1.82) is 0 Å². The summed E-state index contributed by atoms with van der Waals surface area (Å²) in [6.45, 7) is 0.869. The van der Waals surface area contributed by atoms with Crippen LogP contribution in [-0.2, 0) is 23.8 Å². The lowest BCUT2D eigenvalue weighted by molar-refractivity contribution is -0.143. The Morgan fingerprint density at radius 3 is 2.84 bits per heavy atom. The molecule has 162 valence electrons. The van der Waals surface area contributed by atoms with E-state index in [2.05, 4.69) is 15.4 Å². The highest BCUT2D eigenvalue weighted by Crippen LogP contribution is 2.41. The third-order valence-corrected chi connectivity index (χ3v) is 6.07. The monoisotopic (exact) mass is 450 g/mol. The van der Waals surface area contributed by atoms with E-state index in [4.69, 9.17) is 16.3 Å². The maximum absolute atomic E-state index is 14.1. The second kappa shape index (κ2) is 7.49. The molecule has 1 aliphatic heterocycles. The Morgan fingerprint density at radius 1 is 1.29 bits per heavy atom. The zero-order chi connectivity index (χ0) is 21.8. The van der Waals surface area contributed by atoms with Crippen LogP contribution < -0.4 is 5.32 Å². The van der Waals surface area contributed by atoms with Gasteiger partial charge in [-0.05, 0) is 31.2 Å². The summed E-state index contributed by atoms with van der Waals surface area (Å²) in [6.07, 6.45) is -2.47. The van der Waals surface area contributed by atoms with Crippen molar-refractivity contribution in [2.75, 3.05) is 13.2 Å². The average Bonchev–Trinajstić information content (AvgIpc) is 3.37. The number of aromatic nitrogens is 3. The largest absolute Gasteiger partial charge is 0.433 e. The fourth-order valence-corrected chi connectivity index (χ4v) is 4.52. The third kappa shape index (κ3) is 3.45. The van der Waals surface area contributed by atoms with Gasteiger partial charge in [0.05, 0.1) is 11.8 Å². The molecule has 1 atom stereocenters. The van der Waals surface area contributed by atoms with Crippen molar-refractivity contribution in [2.24, 2.45) is 0 Å². The summed E-state index contributed by atoms with van der Waals surface area (Å²) >= 11 is 6.33. The van der Waals surface area contributed by atoms with Crippen molar-refractivity contribution in [3.8, 4) is 11.3 Å². The molecule has 10 heteroatoms. The van der Waals surface area contributed by atoms with E-state index >= 15 is 0 Å². The molecule has 0 spiro atoms. The zero-order valence-electron chi connectivity index (χ0n) is 16.3. The molecule has 1 aliphatic carbocycles. The molecule has 2 aromatic heterocycles. The Kier molecular flexibility index (Phi) is 4.90. The lowest BCUT2D eigenvalue weighted by atomic mass is 9.88. The van der Waals surface area contributed by atoms with Crippen LogP contribution in [0.5, 0.6) is 0 Å². The van der Waals surface area contributed by atoms with E-state index in [9.17, 15) is 18.0 Å². The topological polar surface area (TPSA) is 68.5 Å². The minimum absolute atomic E-state index is 0.0594. The molecule has 1 aromatic carbocycles. The number of fused-ring (bicyclic) bond motifs is 4. The fraction of sp³-hybridized carbons (Fsp3) is 0.381. The molecule has 0 radical (unpaired) electrons. The molecular weight excluding hydrogens is 433 g/mol. The molecule has 6 nitrogen and oxygen atoms in total. The number of carbonyl (C=O) groups excluding carboxylic acids is 1. The fourth-order valence-electron chi connectivity index (χ4n) is 4.28. The summed E-state index contributed by atoms with van der Waals surface area (Å²) in [5.41, 5.74) is 0.435. The number of aryl methyl sites for hydroxylation is 1. The van der Waals surface area contributed by atoms with Gasteiger partial charge in [-0.2, -0.15) is 18.3 Å². The average molecular weight is 451 g/mol. The molecule has 0 saturated carbocycles. The summed E-state index contributed by atoms with van der Waals surface area (Å²) in [5.74, 6) is -0.655. The van der Waals surface area contributed by atoms with Crippen molar-refractivity contribution in [3.05, 3.63) is 51.8 Å². The van der Waals surface area contributed by atoms with Gasteiger partial charge >= 0.3 is 6.18 Å². The van der Waals surface area contributed by atoms with Crippen molar-refractivity contribution in [3.63, 3.8) is 0 Å². The van der Waals surface area contributed by atoms with Crippen molar-refractivity contribution < 1.29 is 22.7 Å². The van der Waals surface area contributed by atoms with Gasteiger partial charge in [-0.1, -0.05) is 35.9 Å². The summed E-state index contributed by atoms with van der Waals surface area (Å²) < 4.78 is 48.5. The van der Waals surface area contributed by atoms with Gasteiger partial charge < -0.3 is 10.1 Å². The van der Waals surface area contributed by atoms with Crippen molar-refractivity contribution >= 4 is 23.2 Å². The van der Waals surface area contributed by atoms with E-state index in [1.807, 2.05) is 12.1 Å². The second-order valence-corrected chi connectivity index (χ2v) is 8.06. The standard InChI is InChI=1S/C21H18ClF3N4O2/c22-15-17(20(30)26-10-12-5-3-9-31-12)28-29-18(21(23,24)25)14-8-7-11-4-1-2-6-13(11)16(14)27-19(15)29/h1-2,4,6,12H,3,5,7-10H2,(H,26,30)/t12-/m0/s1. The van der Waals surface area contributed by atoms with Crippen molar-refractivity contribution in [2.45, 2.75) is 38.0 Å². The van der Waals surface area contributed by atoms with Crippen LogP contribution in [0.2, 0.25) is 5.02 Å². The summed E-state index contributed by atoms with van der Waals surface area (Å²) in [5, 5.41) is 6.38. The zero-order valence-corrected chi connectivity index (χ0v) is 17.1. The highest BCUT2D eigenvalue weighted by molar-refractivity contribution is 6.36. The predicted molar refractivity (Wildman–Crippen MR) is 107 cm³/mol. The highest BCUT2D eigenvalue weighted by Gasteiger charge is 2.41. The maximum atomic E-state index is 14.1. The van der Waals surface area contributed by atoms with Gasteiger partial charge in [0.1, 0.15) is 5.02 Å². The van der Waals surface area contributed by atoms with E-state index < -0.39 is 17.8 Å². The number of hydrogen-bond acceptors (Lipinski definition) is 4. The molecule has 3 heterocycles. The van der Waals surface area contributed by atoms with Crippen LogP contribution in [0.4, 0.5) is 13.2 Å². The minimum Gasteiger partial charge on any atom is -0.376 e. The number of hydrogen-bond donors (Lipinski definition) is 1. The van der Waals surface area contributed by atoms with Crippen LogP contribution >= 0.6 is 11.6 Å². The van der Waals surface area contributed by atoms with Crippen molar-refractivity contribution in [1.82, 2.24) is 19.9 Å². The number of nitrogens with zero attached hydrogens (tertiary/aromatic N) is 3. The van der Waals surface area contributed by atoms with Gasteiger partial charge in [-0.15, -0.1) is 0 Å². The van der Waals surface area contributed by atoms with Crippen LogP contribution in [0.1, 0.15) is 40.2 Å². The summed E-state index contributed by atoms with van der Waals surface area (Å²) in [4.78, 5) is 17.1. The van der Waals surface area contributed by atoms with E-state index in [-0.39, 0.29) is 46.7 Å². The first-order valence-corrected chi connectivity index (χ1v) is 10.4. The molecule has 1 saturated heterocycles. The number of nitrogens with one attached hydrogen (secondary N) is 1. The van der Waals surface area contributed by atoms with Gasteiger partial charge in [0.15, 0.2) is 17.0 Å². The van der Waals surface area contributed by atoms with Gasteiger partial charge in [-0.3, -0.25) is 4.79 Å².